The van der Waals surface area contributed by atoms with Crippen LogP contribution in [0, 0.1) is 0 Å². The van der Waals surface area contributed by atoms with Gasteiger partial charge in [0.15, 0.2) is 0 Å². The largest absolute Gasteiger partial charge is 0.264 e. The van der Waals surface area contributed by atoms with E-state index >= 15 is 0 Å². The number of pyridine rings is 1. The summed E-state index contributed by atoms with van der Waals surface area (Å²) < 4.78 is 0. The van der Waals surface area contributed by atoms with E-state index in [-0.39, 0.29) is 0 Å². The van der Waals surface area contributed by atoms with Crippen LogP contribution < -0.4 is 0 Å². The van der Waals surface area contributed by atoms with Gasteiger partial charge in [-0.05, 0) is 77.8 Å². The first-order chi connectivity index (χ1) is 19.3. The Morgan fingerprint density at radius 3 is 1.92 bits per heavy atom. The lowest BCUT2D eigenvalue weighted by molar-refractivity contribution is 1.36. The van der Waals surface area contributed by atoms with Gasteiger partial charge in [0, 0.05) is 27.6 Å². The maximum Gasteiger partial charge on any atom is 0.0353 e. The summed E-state index contributed by atoms with van der Waals surface area (Å²) in [4.78, 5) is 7.14. The Balaban J connectivity index is 1.43. The van der Waals surface area contributed by atoms with Gasteiger partial charge in [0.05, 0.1) is 0 Å². The molecule has 39 heavy (non-hydrogen) atoms. The van der Waals surface area contributed by atoms with Crippen molar-refractivity contribution in [2.75, 3.05) is 0 Å². The molecule has 0 saturated heterocycles. The molecule has 182 valence electrons. The number of hydrogen-bond acceptors (Lipinski definition) is 2. The normalized spacial score (nSPS) is 11.7. The van der Waals surface area contributed by atoms with E-state index < -0.39 is 0 Å². The first kappa shape index (κ1) is 22.3. The lowest BCUT2D eigenvalue weighted by Crippen LogP contribution is -1.91. The fourth-order valence-corrected chi connectivity index (χ4v) is 7.23. The predicted octanol–water partition coefficient (Wildman–Crippen LogP) is 10.7. The zero-order chi connectivity index (χ0) is 25.8. The standard InChI is InChI=1S/C37H23NS/c1-2-10-25-21-27(18-17-24(25)9-1)36-31-15-7-8-16-32(31)37(33-19-20-38-23-34(33)36)39-35-22-26-11-3-4-12-28(26)29-13-5-6-14-30(29)35/h1-23H. The highest BCUT2D eigenvalue weighted by Gasteiger charge is 2.18. The maximum atomic E-state index is 4.60. The summed E-state index contributed by atoms with van der Waals surface area (Å²) in [5.41, 5.74) is 2.46. The van der Waals surface area contributed by atoms with E-state index in [1.807, 2.05) is 24.2 Å². The van der Waals surface area contributed by atoms with E-state index in [9.17, 15) is 0 Å². The van der Waals surface area contributed by atoms with Crippen molar-refractivity contribution in [3.05, 3.63) is 140 Å². The van der Waals surface area contributed by atoms with Crippen molar-refractivity contribution >= 4 is 65.6 Å². The number of hydrogen-bond donors (Lipinski definition) is 0. The Bertz CT molecular complexity index is 2160. The Labute approximate surface area is 230 Å². The van der Waals surface area contributed by atoms with E-state index in [2.05, 4.69) is 132 Å². The van der Waals surface area contributed by atoms with Crippen LogP contribution >= 0.6 is 11.8 Å². The van der Waals surface area contributed by atoms with Gasteiger partial charge in [0.2, 0.25) is 0 Å². The summed E-state index contributed by atoms with van der Waals surface area (Å²) in [6.45, 7) is 0. The Morgan fingerprint density at radius 1 is 0.436 bits per heavy atom. The van der Waals surface area contributed by atoms with Crippen molar-refractivity contribution in [2.45, 2.75) is 9.79 Å². The lowest BCUT2D eigenvalue weighted by Gasteiger charge is -2.18. The number of aromatic nitrogens is 1. The molecule has 2 heteroatoms. The fourth-order valence-electron chi connectivity index (χ4n) is 5.96. The summed E-state index contributed by atoms with van der Waals surface area (Å²) in [6.07, 6.45) is 3.96. The molecule has 0 aliphatic heterocycles. The zero-order valence-corrected chi connectivity index (χ0v) is 22.0. The van der Waals surface area contributed by atoms with Crippen LogP contribution in [0.4, 0.5) is 0 Å². The summed E-state index contributed by atoms with van der Waals surface area (Å²) >= 11 is 1.87. The highest BCUT2D eigenvalue weighted by Crippen LogP contribution is 2.47. The third kappa shape index (κ3) is 3.60. The summed E-state index contributed by atoms with van der Waals surface area (Å²) in [7, 11) is 0. The molecule has 0 unspecified atom stereocenters. The average Bonchev–Trinajstić information content (AvgIpc) is 3.01. The second-order valence-electron chi connectivity index (χ2n) is 9.98. The molecule has 0 amide bonds. The monoisotopic (exact) mass is 513 g/mol. The molecule has 0 aliphatic rings. The van der Waals surface area contributed by atoms with Gasteiger partial charge in [-0.15, -0.1) is 0 Å². The zero-order valence-electron chi connectivity index (χ0n) is 21.1. The van der Waals surface area contributed by atoms with E-state index in [4.69, 9.17) is 0 Å². The van der Waals surface area contributed by atoms with Gasteiger partial charge in [-0.1, -0.05) is 121 Å². The topological polar surface area (TPSA) is 12.9 Å². The summed E-state index contributed by atoms with van der Waals surface area (Å²) in [5, 5.41) is 12.6. The highest BCUT2D eigenvalue weighted by atomic mass is 32.2. The van der Waals surface area contributed by atoms with Crippen LogP contribution in [-0.2, 0) is 0 Å². The van der Waals surface area contributed by atoms with E-state index in [0.717, 1.165) is 0 Å². The van der Waals surface area contributed by atoms with Crippen LogP contribution in [0.25, 0.3) is 65.0 Å². The molecule has 0 atom stereocenters. The van der Waals surface area contributed by atoms with Crippen LogP contribution in [0.2, 0.25) is 0 Å². The molecule has 0 saturated carbocycles. The van der Waals surface area contributed by atoms with Crippen molar-refractivity contribution in [2.24, 2.45) is 0 Å². The van der Waals surface area contributed by atoms with Crippen molar-refractivity contribution in [3.8, 4) is 11.1 Å². The smallest absolute Gasteiger partial charge is 0.0353 e. The van der Waals surface area contributed by atoms with Gasteiger partial charge in [-0.25, -0.2) is 0 Å². The first-order valence-electron chi connectivity index (χ1n) is 13.2. The molecule has 8 aromatic rings. The van der Waals surface area contributed by atoms with E-state index in [1.165, 1.54) is 74.8 Å². The SMILES string of the molecule is c1ccc2cc(-c3c4ccccc4c(Sc4cc5ccccc5c5ccccc45)c4ccncc34)ccc2c1. The van der Waals surface area contributed by atoms with Crippen LogP contribution in [0.5, 0.6) is 0 Å². The minimum Gasteiger partial charge on any atom is -0.264 e. The van der Waals surface area contributed by atoms with Crippen LogP contribution in [0.3, 0.4) is 0 Å². The molecule has 0 bridgehead atoms. The van der Waals surface area contributed by atoms with Gasteiger partial charge < -0.3 is 0 Å². The molecule has 7 aromatic carbocycles. The molecule has 0 radical (unpaired) electrons. The quantitative estimate of drug-likeness (QED) is 0.172. The van der Waals surface area contributed by atoms with Gasteiger partial charge >= 0.3 is 0 Å². The average molecular weight is 514 g/mol. The minimum atomic E-state index is 1.18. The summed E-state index contributed by atoms with van der Waals surface area (Å²) in [5.74, 6) is 0. The van der Waals surface area contributed by atoms with Crippen LogP contribution in [0.1, 0.15) is 0 Å². The van der Waals surface area contributed by atoms with Gasteiger partial charge in [0.25, 0.3) is 0 Å². The van der Waals surface area contributed by atoms with Crippen molar-refractivity contribution in [3.63, 3.8) is 0 Å². The first-order valence-corrected chi connectivity index (χ1v) is 14.0. The molecule has 0 fully saturated rings. The molecule has 0 spiro atoms. The molecule has 0 aliphatic carbocycles. The second kappa shape index (κ2) is 8.97. The van der Waals surface area contributed by atoms with E-state index in [1.54, 1.807) is 0 Å². The minimum absolute atomic E-state index is 1.18. The third-order valence-electron chi connectivity index (χ3n) is 7.76. The third-order valence-corrected chi connectivity index (χ3v) is 8.96. The number of fused-ring (bicyclic) bond motifs is 6. The molecular weight excluding hydrogens is 490 g/mol. The van der Waals surface area contributed by atoms with Crippen molar-refractivity contribution in [1.29, 1.82) is 0 Å². The molecule has 1 heterocycles. The predicted molar refractivity (Wildman–Crippen MR) is 168 cm³/mol. The Morgan fingerprint density at radius 2 is 1.08 bits per heavy atom. The lowest BCUT2D eigenvalue weighted by atomic mass is 9.92. The van der Waals surface area contributed by atoms with E-state index in [0.29, 0.717) is 0 Å². The summed E-state index contributed by atoms with van der Waals surface area (Å²) in [6, 6.07) is 46.2. The fraction of sp³-hybridized carbons (Fsp3) is 0. The number of rotatable bonds is 3. The molecule has 8 rings (SSSR count). The van der Waals surface area contributed by atoms with Gasteiger partial charge in [0.1, 0.15) is 0 Å². The maximum absolute atomic E-state index is 4.60. The Kier molecular flexibility index (Phi) is 5.14. The highest BCUT2D eigenvalue weighted by molar-refractivity contribution is 8.00. The number of benzene rings is 7. The molecular formula is C37H23NS. The molecule has 1 aromatic heterocycles. The Hall–Kier alpha value is -4.66. The van der Waals surface area contributed by atoms with Gasteiger partial charge in [-0.2, -0.15) is 0 Å². The van der Waals surface area contributed by atoms with Crippen LogP contribution in [0.15, 0.2) is 150 Å². The van der Waals surface area contributed by atoms with Crippen LogP contribution in [-0.4, -0.2) is 4.98 Å². The van der Waals surface area contributed by atoms with Crippen molar-refractivity contribution in [1.82, 2.24) is 4.98 Å². The molecule has 0 N–H and O–H groups in total. The van der Waals surface area contributed by atoms with Gasteiger partial charge in [-0.3, -0.25) is 4.98 Å². The van der Waals surface area contributed by atoms with Crippen molar-refractivity contribution < 1.29 is 0 Å². The second-order valence-corrected chi connectivity index (χ2v) is 11.0. The molecule has 1 nitrogen and oxygen atoms in total. The number of nitrogens with zero attached hydrogens (tertiary/aromatic N) is 1.